The van der Waals surface area contributed by atoms with Crippen molar-refractivity contribution in [3.63, 3.8) is 0 Å². The van der Waals surface area contributed by atoms with E-state index < -0.39 is 24.7 Å². The third kappa shape index (κ3) is 4.38. The standard InChI is InChI=1S/C23H22F3NO6/c24-23(25,26)31-13-17-12-29-19-10-15(6-7-18(19)33-17)21(28)27-9-8-22(16-4-2-1-3-5-16)20(11-27)30-14-32-22/h1-7,10,17,20H,8-9,11-14H2/t17?,20-,22-/m1/s1. The SMILES string of the molecule is O=C(c1ccc2c(c1)OCC(COC(F)(F)F)O2)N1CC[C@]2(c3ccccc3)OCO[C@@H]2C1. The number of carbonyl (C=O) groups is 1. The minimum atomic E-state index is -4.74. The fourth-order valence-corrected chi connectivity index (χ4v) is 4.49. The van der Waals surface area contributed by atoms with E-state index in [-0.39, 0.29) is 31.2 Å². The summed E-state index contributed by atoms with van der Waals surface area (Å²) in [5.74, 6) is 0.379. The van der Waals surface area contributed by atoms with E-state index in [1.54, 1.807) is 17.0 Å². The molecule has 2 fully saturated rings. The smallest absolute Gasteiger partial charge is 0.486 e. The van der Waals surface area contributed by atoms with Gasteiger partial charge in [-0.3, -0.25) is 9.53 Å². The second-order valence-corrected chi connectivity index (χ2v) is 8.14. The number of alkyl halides is 3. The number of benzene rings is 2. The van der Waals surface area contributed by atoms with E-state index in [1.165, 1.54) is 6.07 Å². The van der Waals surface area contributed by atoms with Crippen LogP contribution in [0.2, 0.25) is 0 Å². The lowest BCUT2D eigenvalue weighted by atomic mass is 9.82. The maximum absolute atomic E-state index is 13.2. The largest absolute Gasteiger partial charge is 0.522 e. The van der Waals surface area contributed by atoms with Crippen LogP contribution in [-0.2, 0) is 19.8 Å². The minimum Gasteiger partial charge on any atom is -0.486 e. The number of nitrogens with zero attached hydrogens (tertiary/aromatic N) is 1. The number of hydrogen-bond donors (Lipinski definition) is 0. The first-order valence-electron chi connectivity index (χ1n) is 10.6. The fourth-order valence-electron chi connectivity index (χ4n) is 4.49. The van der Waals surface area contributed by atoms with Gasteiger partial charge in [0, 0.05) is 18.5 Å². The number of rotatable bonds is 4. The number of carbonyl (C=O) groups excluding carboxylic acids is 1. The summed E-state index contributed by atoms with van der Waals surface area (Å²) in [5, 5.41) is 0. The normalized spacial score (nSPS) is 26.7. The van der Waals surface area contributed by atoms with Crippen LogP contribution in [0.4, 0.5) is 13.2 Å². The van der Waals surface area contributed by atoms with E-state index in [1.807, 2.05) is 30.3 Å². The van der Waals surface area contributed by atoms with Crippen molar-refractivity contribution >= 4 is 5.91 Å². The van der Waals surface area contributed by atoms with E-state index in [0.717, 1.165) is 5.56 Å². The highest BCUT2D eigenvalue weighted by molar-refractivity contribution is 5.95. The van der Waals surface area contributed by atoms with Crippen LogP contribution in [0.25, 0.3) is 0 Å². The van der Waals surface area contributed by atoms with Crippen molar-refractivity contribution in [1.82, 2.24) is 4.90 Å². The Labute approximate surface area is 187 Å². The molecule has 10 heteroatoms. The van der Waals surface area contributed by atoms with Gasteiger partial charge in [0.2, 0.25) is 0 Å². The van der Waals surface area contributed by atoms with Crippen LogP contribution in [-0.4, -0.2) is 62.5 Å². The molecule has 3 aliphatic rings. The summed E-state index contributed by atoms with van der Waals surface area (Å²) in [6.07, 6.45) is -5.32. The van der Waals surface area contributed by atoms with Gasteiger partial charge in [-0.25, -0.2) is 0 Å². The Morgan fingerprint density at radius 1 is 1.15 bits per heavy atom. The van der Waals surface area contributed by atoms with Crippen molar-refractivity contribution in [2.24, 2.45) is 0 Å². The summed E-state index contributed by atoms with van der Waals surface area (Å²) >= 11 is 0. The van der Waals surface area contributed by atoms with Gasteiger partial charge in [-0.05, 0) is 23.8 Å². The first-order chi connectivity index (χ1) is 15.8. The number of amides is 1. The number of likely N-dealkylation sites (tertiary alicyclic amines) is 1. The van der Waals surface area contributed by atoms with Gasteiger partial charge in [-0.15, -0.1) is 13.2 Å². The van der Waals surface area contributed by atoms with Gasteiger partial charge in [0.15, 0.2) is 17.6 Å². The molecule has 1 unspecified atom stereocenters. The molecule has 5 rings (SSSR count). The summed E-state index contributed by atoms with van der Waals surface area (Å²) in [5.41, 5.74) is 0.856. The average molecular weight is 465 g/mol. The third-order valence-electron chi connectivity index (χ3n) is 6.14. The van der Waals surface area contributed by atoms with Crippen molar-refractivity contribution in [3.05, 3.63) is 59.7 Å². The van der Waals surface area contributed by atoms with E-state index in [4.69, 9.17) is 18.9 Å². The van der Waals surface area contributed by atoms with Crippen LogP contribution >= 0.6 is 0 Å². The van der Waals surface area contributed by atoms with Crippen LogP contribution in [0.3, 0.4) is 0 Å². The lowest BCUT2D eigenvalue weighted by molar-refractivity contribution is -0.330. The third-order valence-corrected chi connectivity index (χ3v) is 6.14. The molecule has 0 spiro atoms. The Morgan fingerprint density at radius 2 is 1.97 bits per heavy atom. The monoisotopic (exact) mass is 465 g/mol. The van der Waals surface area contributed by atoms with Crippen LogP contribution in [0.1, 0.15) is 22.3 Å². The molecule has 0 saturated carbocycles. The predicted octanol–water partition coefficient (Wildman–Crippen LogP) is 3.48. The van der Waals surface area contributed by atoms with Crippen LogP contribution in [0.5, 0.6) is 11.5 Å². The van der Waals surface area contributed by atoms with E-state index in [9.17, 15) is 18.0 Å². The first kappa shape index (κ1) is 22.0. The highest BCUT2D eigenvalue weighted by Gasteiger charge is 2.51. The van der Waals surface area contributed by atoms with Gasteiger partial charge in [0.05, 0.1) is 13.2 Å². The molecule has 3 aliphatic heterocycles. The van der Waals surface area contributed by atoms with Crippen LogP contribution in [0, 0.1) is 0 Å². The van der Waals surface area contributed by atoms with Crippen molar-refractivity contribution in [2.45, 2.75) is 30.6 Å². The minimum absolute atomic E-state index is 0.114. The Bertz CT molecular complexity index is 1020. The molecule has 3 atom stereocenters. The van der Waals surface area contributed by atoms with Crippen LogP contribution in [0.15, 0.2) is 48.5 Å². The summed E-state index contributed by atoms with van der Waals surface area (Å²) < 4.78 is 63.4. The molecule has 0 bridgehead atoms. The molecular formula is C23H22F3NO6. The average Bonchev–Trinajstić information content (AvgIpc) is 3.26. The molecule has 33 heavy (non-hydrogen) atoms. The maximum Gasteiger partial charge on any atom is 0.522 e. The number of hydrogen-bond acceptors (Lipinski definition) is 6. The number of fused-ring (bicyclic) bond motifs is 2. The number of piperidine rings is 1. The van der Waals surface area contributed by atoms with Crippen molar-refractivity contribution < 1.29 is 41.7 Å². The van der Waals surface area contributed by atoms with E-state index in [0.29, 0.717) is 30.8 Å². The molecule has 0 N–H and O–H groups in total. The molecule has 2 saturated heterocycles. The van der Waals surface area contributed by atoms with Gasteiger partial charge < -0.3 is 23.8 Å². The second-order valence-electron chi connectivity index (χ2n) is 8.14. The first-order valence-corrected chi connectivity index (χ1v) is 10.6. The van der Waals surface area contributed by atoms with Gasteiger partial charge in [-0.1, -0.05) is 30.3 Å². The lowest BCUT2D eigenvalue weighted by Gasteiger charge is -2.42. The Kier molecular flexibility index (Phi) is 5.67. The molecule has 0 radical (unpaired) electrons. The quantitative estimate of drug-likeness (QED) is 0.689. The van der Waals surface area contributed by atoms with Crippen LogP contribution < -0.4 is 9.47 Å². The zero-order valence-corrected chi connectivity index (χ0v) is 17.5. The fraction of sp³-hybridized carbons (Fsp3) is 0.435. The molecule has 176 valence electrons. The maximum atomic E-state index is 13.2. The van der Waals surface area contributed by atoms with E-state index >= 15 is 0 Å². The molecule has 2 aromatic carbocycles. The predicted molar refractivity (Wildman–Crippen MR) is 108 cm³/mol. The zero-order chi connectivity index (χ0) is 23.1. The summed E-state index contributed by atoms with van der Waals surface area (Å²) in [6, 6.07) is 14.5. The van der Waals surface area contributed by atoms with Crippen molar-refractivity contribution in [3.8, 4) is 11.5 Å². The molecule has 1 amide bonds. The highest BCUT2D eigenvalue weighted by Crippen LogP contribution is 2.43. The molecular weight excluding hydrogens is 443 g/mol. The summed E-state index contributed by atoms with van der Waals surface area (Å²) in [4.78, 5) is 14.9. The Balaban J connectivity index is 1.26. The molecule has 0 aromatic heterocycles. The second kappa shape index (κ2) is 8.51. The lowest BCUT2D eigenvalue weighted by Crippen LogP contribution is -2.53. The molecule has 7 nitrogen and oxygen atoms in total. The van der Waals surface area contributed by atoms with Crippen molar-refractivity contribution in [2.75, 3.05) is 33.1 Å². The Morgan fingerprint density at radius 3 is 2.76 bits per heavy atom. The van der Waals surface area contributed by atoms with Crippen molar-refractivity contribution in [1.29, 1.82) is 0 Å². The van der Waals surface area contributed by atoms with Gasteiger partial charge in [0.1, 0.15) is 25.1 Å². The van der Waals surface area contributed by atoms with Gasteiger partial charge >= 0.3 is 6.36 Å². The highest BCUT2D eigenvalue weighted by atomic mass is 19.4. The number of halogens is 3. The number of ether oxygens (including phenoxy) is 5. The topological polar surface area (TPSA) is 66.5 Å². The summed E-state index contributed by atoms with van der Waals surface area (Å²) in [7, 11) is 0. The molecule has 0 aliphatic carbocycles. The Hall–Kier alpha value is -2.82. The molecule has 2 aromatic rings. The van der Waals surface area contributed by atoms with E-state index in [2.05, 4.69) is 4.74 Å². The summed E-state index contributed by atoms with van der Waals surface area (Å²) in [6.45, 7) is 0.240. The van der Waals surface area contributed by atoms with Gasteiger partial charge in [0.25, 0.3) is 5.91 Å². The zero-order valence-electron chi connectivity index (χ0n) is 17.5. The molecule has 3 heterocycles. The van der Waals surface area contributed by atoms with Gasteiger partial charge in [-0.2, -0.15) is 0 Å².